The third-order valence-electron chi connectivity index (χ3n) is 1.50. The van der Waals surface area contributed by atoms with Crippen molar-refractivity contribution < 1.29 is 9.63 Å². The van der Waals surface area contributed by atoms with Gasteiger partial charge < -0.3 is 4.84 Å². The summed E-state index contributed by atoms with van der Waals surface area (Å²) >= 11 is 0. The van der Waals surface area contributed by atoms with E-state index in [4.69, 9.17) is 4.84 Å². The van der Waals surface area contributed by atoms with Gasteiger partial charge in [0, 0.05) is 0 Å². The Balaban J connectivity index is 2.72. The van der Waals surface area contributed by atoms with Crippen molar-refractivity contribution in [3.8, 4) is 0 Å². The maximum atomic E-state index is 10.1. The van der Waals surface area contributed by atoms with Crippen molar-refractivity contribution in [1.82, 2.24) is 0 Å². The molecule has 0 aliphatic heterocycles. The summed E-state index contributed by atoms with van der Waals surface area (Å²) in [5, 5.41) is 1.52. The minimum absolute atomic E-state index is 0.427. The maximum Gasteiger partial charge on any atom is 0.320 e. The molecule has 0 unspecified atom stereocenters. The summed E-state index contributed by atoms with van der Waals surface area (Å²) in [5.41, 5.74) is 0.882. The lowest BCUT2D eigenvalue weighted by atomic mass is 10.3. The van der Waals surface area contributed by atoms with E-state index in [0.717, 1.165) is 5.69 Å². The lowest BCUT2D eigenvalue weighted by molar-refractivity contribution is -0.129. The van der Waals surface area contributed by atoms with Gasteiger partial charge in [-0.05, 0) is 19.1 Å². The first-order valence-electron chi connectivity index (χ1n) is 3.81. The van der Waals surface area contributed by atoms with Gasteiger partial charge in [-0.25, -0.2) is 5.06 Å². The third-order valence-corrected chi connectivity index (χ3v) is 1.50. The van der Waals surface area contributed by atoms with Crippen LogP contribution in [0.25, 0.3) is 0 Å². The first-order valence-corrected chi connectivity index (χ1v) is 3.81. The molecule has 0 saturated heterocycles. The summed E-state index contributed by atoms with van der Waals surface area (Å²) in [6.45, 7) is 2.98. The summed E-state index contributed by atoms with van der Waals surface area (Å²) in [6, 6.07) is 9.47. The zero-order chi connectivity index (χ0) is 8.81. The molecule has 0 amide bonds. The molecule has 0 N–H and O–H groups in total. The highest BCUT2D eigenvalue weighted by Crippen LogP contribution is 2.11. The molecule has 1 rings (SSSR count). The number of nitrogens with zero attached hydrogens (tertiary/aromatic N) is 1. The highest BCUT2D eigenvalue weighted by Gasteiger charge is 2.01. The largest absolute Gasteiger partial charge is 0.344 e. The van der Waals surface area contributed by atoms with Crippen LogP contribution in [0, 0.1) is 0 Å². The third kappa shape index (κ3) is 1.99. The Bertz CT molecular complexity index is 236. The number of anilines is 1. The molecular weight excluding hydrogens is 154 g/mol. The van der Waals surface area contributed by atoms with E-state index in [0.29, 0.717) is 13.0 Å². The fourth-order valence-corrected chi connectivity index (χ4v) is 0.964. The molecule has 0 bridgehead atoms. The topological polar surface area (TPSA) is 29.5 Å². The van der Waals surface area contributed by atoms with Gasteiger partial charge in [0.15, 0.2) is 0 Å². The van der Waals surface area contributed by atoms with E-state index in [2.05, 4.69) is 0 Å². The van der Waals surface area contributed by atoms with Crippen molar-refractivity contribution in [2.75, 3.05) is 11.6 Å². The number of hydrogen-bond acceptors (Lipinski definition) is 3. The normalized spacial score (nSPS) is 9.08. The summed E-state index contributed by atoms with van der Waals surface area (Å²) in [4.78, 5) is 14.8. The number of carbonyl (C=O) groups is 1. The second-order valence-electron chi connectivity index (χ2n) is 2.23. The first-order chi connectivity index (χ1) is 5.88. The molecule has 1 aromatic rings. The molecule has 1 aromatic carbocycles. The standard InChI is InChI=1S/C9H11NO2/c1-2-10(12-8-11)9-6-4-3-5-7-9/h3-8H,2H2,1H3. The van der Waals surface area contributed by atoms with Crippen LogP contribution in [0.2, 0.25) is 0 Å². The summed E-state index contributed by atoms with van der Waals surface area (Å²) in [6.07, 6.45) is 0. The number of carbonyl (C=O) groups excluding carboxylic acids is 1. The fraction of sp³-hybridized carbons (Fsp3) is 0.222. The Labute approximate surface area is 71.5 Å². The zero-order valence-corrected chi connectivity index (χ0v) is 6.93. The van der Waals surface area contributed by atoms with Crippen LogP contribution in [0.1, 0.15) is 6.92 Å². The van der Waals surface area contributed by atoms with E-state index in [-0.39, 0.29) is 0 Å². The quantitative estimate of drug-likeness (QED) is 0.501. The van der Waals surface area contributed by atoms with Crippen molar-refractivity contribution in [2.24, 2.45) is 0 Å². The van der Waals surface area contributed by atoms with Crippen LogP contribution in [-0.4, -0.2) is 13.0 Å². The molecule has 0 fully saturated rings. The monoisotopic (exact) mass is 165 g/mol. The van der Waals surface area contributed by atoms with Crippen LogP contribution < -0.4 is 5.06 Å². The smallest absolute Gasteiger partial charge is 0.320 e. The van der Waals surface area contributed by atoms with Crippen molar-refractivity contribution in [3.63, 3.8) is 0 Å². The summed E-state index contributed by atoms with van der Waals surface area (Å²) in [5.74, 6) is 0. The zero-order valence-electron chi connectivity index (χ0n) is 6.93. The molecule has 3 heteroatoms. The van der Waals surface area contributed by atoms with Crippen LogP contribution >= 0.6 is 0 Å². The number of hydroxylamine groups is 1. The summed E-state index contributed by atoms with van der Waals surface area (Å²) < 4.78 is 0. The molecule has 0 spiro atoms. The Hall–Kier alpha value is -1.51. The number of hydrogen-bond donors (Lipinski definition) is 0. The van der Waals surface area contributed by atoms with E-state index in [1.54, 1.807) is 0 Å². The van der Waals surface area contributed by atoms with Crippen LogP contribution in [-0.2, 0) is 9.63 Å². The molecular formula is C9H11NO2. The number of benzene rings is 1. The van der Waals surface area contributed by atoms with Gasteiger partial charge in [-0.15, -0.1) is 0 Å². The van der Waals surface area contributed by atoms with Crippen LogP contribution in [0.4, 0.5) is 5.69 Å². The lowest BCUT2D eigenvalue weighted by Gasteiger charge is -2.18. The second kappa shape index (κ2) is 4.38. The average Bonchev–Trinajstić information content (AvgIpc) is 2.15. The highest BCUT2D eigenvalue weighted by molar-refractivity contribution is 5.48. The van der Waals surface area contributed by atoms with Crippen molar-refractivity contribution in [3.05, 3.63) is 30.3 Å². The van der Waals surface area contributed by atoms with Gasteiger partial charge in [-0.3, -0.25) is 4.79 Å². The van der Waals surface area contributed by atoms with E-state index in [9.17, 15) is 4.79 Å². The van der Waals surface area contributed by atoms with Gasteiger partial charge in [-0.1, -0.05) is 18.2 Å². The Morgan fingerprint density at radius 2 is 2.08 bits per heavy atom. The second-order valence-corrected chi connectivity index (χ2v) is 2.23. The molecule has 64 valence electrons. The van der Waals surface area contributed by atoms with Gasteiger partial charge in [0.05, 0.1) is 12.2 Å². The van der Waals surface area contributed by atoms with Gasteiger partial charge in [0.25, 0.3) is 0 Å². The Morgan fingerprint density at radius 1 is 1.42 bits per heavy atom. The van der Waals surface area contributed by atoms with Crippen LogP contribution in [0.3, 0.4) is 0 Å². The molecule has 0 aromatic heterocycles. The minimum atomic E-state index is 0.427. The van der Waals surface area contributed by atoms with Crippen molar-refractivity contribution in [1.29, 1.82) is 0 Å². The van der Waals surface area contributed by atoms with Gasteiger partial charge >= 0.3 is 6.47 Å². The molecule has 0 aliphatic carbocycles. The van der Waals surface area contributed by atoms with Crippen LogP contribution in [0.15, 0.2) is 30.3 Å². The van der Waals surface area contributed by atoms with E-state index < -0.39 is 0 Å². The predicted molar refractivity (Wildman–Crippen MR) is 46.6 cm³/mol. The molecule has 3 nitrogen and oxygen atoms in total. The number of rotatable bonds is 4. The molecule has 0 heterocycles. The number of para-hydroxylation sites is 1. The van der Waals surface area contributed by atoms with Crippen LogP contribution in [0.5, 0.6) is 0 Å². The molecule has 0 atom stereocenters. The summed E-state index contributed by atoms with van der Waals surface area (Å²) in [7, 11) is 0. The van der Waals surface area contributed by atoms with E-state index in [1.807, 2.05) is 37.3 Å². The molecule has 0 aliphatic rings. The Kier molecular flexibility index (Phi) is 3.14. The molecule has 0 saturated carbocycles. The molecule has 0 radical (unpaired) electrons. The van der Waals surface area contributed by atoms with Gasteiger partial charge in [0.2, 0.25) is 0 Å². The van der Waals surface area contributed by atoms with E-state index in [1.165, 1.54) is 5.06 Å². The van der Waals surface area contributed by atoms with Gasteiger partial charge in [-0.2, -0.15) is 0 Å². The van der Waals surface area contributed by atoms with Gasteiger partial charge in [0.1, 0.15) is 0 Å². The average molecular weight is 165 g/mol. The Morgan fingerprint density at radius 3 is 2.58 bits per heavy atom. The highest BCUT2D eigenvalue weighted by atomic mass is 16.7. The van der Waals surface area contributed by atoms with Crippen molar-refractivity contribution in [2.45, 2.75) is 6.92 Å². The van der Waals surface area contributed by atoms with Crippen molar-refractivity contribution >= 4 is 12.2 Å². The van der Waals surface area contributed by atoms with E-state index >= 15 is 0 Å². The molecule has 12 heavy (non-hydrogen) atoms. The predicted octanol–water partition coefficient (Wildman–Crippen LogP) is 1.60. The SMILES string of the molecule is CCN(OC=O)c1ccccc1. The minimum Gasteiger partial charge on any atom is -0.344 e. The lowest BCUT2D eigenvalue weighted by Crippen LogP contribution is -2.21. The fourth-order valence-electron chi connectivity index (χ4n) is 0.964. The maximum absolute atomic E-state index is 10.1. The first kappa shape index (κ1) is 8.59.